The molecule has 0 spiro atoms. The van der Waals surface area contributed by atoms with E-state index in [0.29, 0.717) is 5.76 Å². The van der Waals surface area contributed by atoms with E-state index in [9.17, 15) is 4.79 Å². The van der Waals surface area contributed by atoms with Crippen molar-refractivity contribution in [3.63, 3.8) is 0 Å². The highest BCUT2D eigenvalue weighted by Gasteiger charge is 2.70. The Balaban J connectivity index is 1.94. The minimum atomic E-state index is -1.04. The lowest BCUT2D eigenvalue weighted by Gasteiger charge is -2.61. The Kier molecular flexibility index (Phi) is 3.25. The number of methoxy groups -OCH3 is 1. The predicted octanol–water partition coefficient (Wildman–Crippen LogP) is 3.38. The molecule has 0 aromatic heterocycles. The molecule has 0 saturated carbocycles. The van der Waals surface area contributed by atoms with Crippen LogP contribution in [0.2, 0.25) is 0 Å². The number of ether oxygens (including phenoxy) is 3. The minimum absolute atomic E-state index is 0.252. The Morgan fingerprint density at radius 1 is 0.958 bits per heavy atom. The monoisotopic (exact) mass is 322 g/mol. The van der Waals surface area contributed by atoms with E-state index in [1.807, 2.05) is 60.7 Å². The Bertz CT molecular complexity index is 757. The molecule has 4 heteroatoms. The van der Waals surface area contributed by atoms with Crippen molar-refractivity contribution in [2.45, 2.75) is 18.3 Å². The average Bonchev–Trinajstić information content (AvgIpc) is 2.59. The first-order valence-corrected chi connectivity index (χ1v) is 7.90. The first-order valence-electron chi connectivity index (χ1n) is 7.90. The van der Waals surface area contributed by atoms with E-state index in [4.69, 9.17) is 14.2 Å². The molecule has 0 aliphatic carbocycles. The lowest BCUT2D eigenvalue weighted by Crippen LogP contribution is -2.69. The molecule has 0 radical (unpaired) electrons. The normalized spacial score (nSPS) is 27.3. The number of carbonyl (C=O) groups is 1. The fraction of sp³-hybridized carbons (Fsp3) is 0.250. The van der Waals surface area contributed by atoms with Crippen LogP contribution in [0.3, 0.4) is 0 Å². The number of rotatable bonds is 3. The van der Waals surface area contributed by atoms with Gasteiger partial charge in [-0.3, -0.25) is 0 Å². The van der Waals surface area contributed by atoms with Crippen LogP contribution in [-0.2, 0) is 24.6 Å². The van der Waals surface area contributed by atoms with Crippen molar-refractivity contribution < 1.29 is 19.0 Å². The molecule has 4 nitrogen and oxygen atoms in total. The van der Waals surface area contributed by atoms with Gasteiger partial charge in [0, 0.05) is 6.92 Å². The van der Waals surface area contributed by atoms with E-state index < -0.39 is 17.4 Å². The molecule has 1 fully saturated rings. The van der Waals surface area contributed by atoms with Gasteiger partial charge in [0.05, 0.1) is 13.2 Å². The van der Waals surface area contributed by atoms with Crippen LogP contribution >= 0.6 is 0 Å². The number of carbonyl (C=O) groups excluding carboxylic acids is 1. The fourth-order valence-electron chi connectivity index (χ4n) is 3.88. The van der Waals surface area contributed by atoms with Crippen LogP contribution in [-0.4, -0.2) is 18.9 Å². The number of fused-ring (bicyclic) bond motifs is 1. The topological polar surface area (TPSA) is 44.8 Å². The van der Waals surface area contributed by atoms with E-state index in [2.05, 4.69) is 0 Å². The summed E-state index contributed by atoms with van der Waals surface area (Å²) in [7, 11) is 1.57. The van der Waals surface area contributed by atoms with Gasteiger partial charge in [-0.2, -0.15) is 0 Å². The number of hydrogen-bond acceptors (Lipinski definition) is 4. The Morgan fingerprint density at radius 3 is 2.00 bits per heavy atom. The van der Waals surface area contributed by atoms with Crippen LogP contribution in [0.1, 0.15) is 18.1 Å². The third-order valence-electron chi connectivity index (χ3n) is 4.78. The molecule has 0 amide bonds. The second-order valence-electron chi connectivity index (χ2n) is 6.19. The van der Waals surface area contributed by atoms with Crippen LogP contribution in [0, 0.1) is 5.92 Å². The summed E-state index contributed by atoms with van der Waals surface area (Å²) in [6.45, 7) is 1.78. The van der Waals surface area contributed by atoms with Gasteiger partial charge >= 0.3 is 5.97 Å². The van der Waals surface area contributed by atoms with Crippen molar-refractivity contribution in [2.24, 2.45) is 5.92 Å². The van der Waals surface area contributed by atoms with Crippen molar-refractivity contribution >= 4 is 5.97 Å². The Labute approximate surface area is 140 Å². The summed E-state index contributed by atoms with van der Waals surface area (Å²) < 4.78 is 17.4. The maximum Gasteiger partial charge on any atom is 0.336 e. The standard InChI is InChI=1S/C20H18O4/c1-19-18(16(22-2)13-17(21)23-19)20(24-19,14-9-5-3-6-10-14)15-11-7-4-8-12-15/h3-13,18H,1-2H3/t18?,19-/m1/s1. The molecule has 2 aliphatic heterocycles. The third kappa shape index (κ3) is 1.93. The van der Waals surface area contributed by atoms with Gasteiger partial charge in [-0.1, -0.05) is 60.7 Å². The summed E-state index contributed by atoms with van der Waals surface area (Å²) in [4.78, 5) is 11.9. The molecule has 2 atom stereocenters. The van der Waals surface area contributed by atoms with E-state index in [-0.39, 0.29) is 5.92 Å². The zero-order chi connectivity index (χ0) is 16.8. The van der Waals surface area contributed by atoms with Gasteiger partial charge in [-0.25, -0.2) is 4.79 Å². The molecule has 24 heavy (non-hydrogen) atoms. The largest absolute Gasteiger partial charge is 0.500 e. The molecule has 122 valence electrons. The molecule has 0 N–H and O–H groups in total. The van der Waals surface area contributed by atoms with E-state index in [1.54, 1.807) is 14.0 Å². The lowest BCUT2D eigenvalue weighted by molar-refractivity contribution is -0.395. The quantitative estimate of drug-likeness (QED) is 0.813. The fourth-order valence-corrected chi connectivity index (χ4v) is 3.88. The van der Waals surface area contributed by atoms with Gasteiger partial charge < -0.3 is 14.2 Å². The van der Waals surface area contributed by atoms with Crippen molar-refractivity contribution in [1.29, 1.82) is 0 Å². The summed E-state index contributed by atoms with van der Waals surface area (Å²) in [6.07, 6.45) is 1.41. The zero-order valence-corrected chi connectivity index (χ0v) is 13.6. The van der Waals surface area contributed by atoms with Crippen molar-refractivity contribution in [3.8, 4) is 0 Å². The predicted molar refractivity (Wildman–Crippen MR) is 87.8 cm³/mol. The summed E-state index contributed by atoms with van der Waals surface area (Å²) in [5.74, 6) is -1.16. The molecule has 2 aromatic rings. The van der Waals surface area contributed by atoms with Crippen LogP contribution in [0.15, 0.2) is 72.5 Å². The number of hydrogen-bond donors (Lipinski definition) is 0. The van der Waals surface area contributed by atoms with E-state index >= 15 is 0 Å². The first kappa shape index (κ1) is 15.0. The highest BCUT2D eigenvalue weighted by atomic mass is 16.8. The molecule has 2 aromatic carbocycles. The van der Waals surface area contributed by atoms with Gasteiger partial charge in [-0.15, -0.1) is 0 Å². The van der Waals surface area contributed by atoms with E-state index in [1.165, 1.54) is 6.08 Å². The Hall–Kier alpha value is -2.59. The number of esters is 1. The van der Waals surface area contributed by atoms with Gasteiger partial charge in [0.1, 0.15) is 17.3 Å². The minimum Gasteiger partial charge on any atom is -0.500 e. The maximum absolute atomic E-state index is 11.9. The summed E-state index contributed by atoms with van der Waals surface area (Å²) >= 11 is 0. The van der Waals surface area contributed by atoms with Crippen molar-refractivity contribution in [1.82, 2.24) is 0 Å². The third-order valence-corrected chi connectivity index (χ3v) is 4.78. The highest BCUT2D eigenvalue weighted by molar-refractivity contribution is 5.84. The zero-order valence-electron chi connectivity index (χ0n) is 13.6. The molecular formula is C20H18O4. The van der Waals surface area contributed by atoms with Gasteiger partial charge in [-0.05, 0) is 11.1 Å². The van der Waals surface area contributed by atoms with Gasteiger partial charge in [0.2, 0.25) is 5.79 Å². The molecular weight excluding hydrogens is 304 g/mol. The van der Waals surface area contributed by atoms with Gasteiger partial charge in [0.25, 0.3) is 0 Å². The maximum atomic E-state index is 11.9. The molecule has 1 unspecified atom stereocenters. The lowest BCUT2D eigenvalue weighted by atomic mass is 9.65. The van der Waals surface area contributed by atoms with Crippen LogP contribution in [0.25, 0.3) is 0 Å². The smallest absolute Gasteiger partial charge is 0.336 e. The SMILES string of the molecule is COC1=CC(=O)O[C@]2(C)OC(c3ccccc3)(c3ccccc3)C12. The molecule has 4 rings (SSSR count). The van der Waals surface area contributed by atoms with Crippen LogP contribution < -0.4 is 0 Å². The molecule has 2 aliphatic rings. The van der Waals surface area contributed by atoms with Gasteiger partial charge in [0.15, 0.2) is 0 Å². The molecule has 0 bridgehead atoms. The summed E-state index contributed by atoms with van der Waals surface area (Å²) in [5.41, 5.74) is 1.25. The molecule has 2 heterocycles. The van der Waals surface area contributed by atoms with Crippen molar-refractivity contribution in [3.05, 3.63) is 83.6 Å². The second-order valence-corrected chi connectivity index (χ2v) is 6.19. The summed E-state index contributed by atoms with van der Waals surface area (Å²) in [5, 5.41) is 0. The van der Waals surface area contributed by atoms with Crippen LogP contribution in [0.5, 0.6) is 0 Å². The summed E-state index contributed by atoms with van der Waals surface area (Å²) in [6, 6.07) is 19.9. The first-order chi connectivity index (χ1) is 11.6. The highest BCUT2D eigenvalue weighted by Crippen LogP contribution is 2.61. The average molecular weight is 322 g/mol. The van der Waals surface area contributed by atoms with Crippen molar-refractivity contribution in [2.75, 3.05) is 7.11 Å². The van der Waals surface area contributed by atoms with Crippen LogP contribution in [0.4, 0.5) is 0 Å². The number of benzene rings is 2. The molecule has 1 saturated heterocycles. The second kappa shape index (κ2) is 5.21. The Morgan fingerprint density at radius 2 is 1.50 bits per heavy atom. The van der Waals surface area contributed by atoms with E-state index in [0.717, 1.165) is 11.1 Å².